The van der Waals surface area contributed by atoms with Crippen LogP contribution in [0.5, 0.6) is 0 Å². The molecule has 1 N–H and O–H groups in total. The maximum absolute atomic E-state index is 4.88. The van der Waals surface area contributed by atoms with E-state index >= 15 is 0 Å². The molecule has 0 radical (unpaired) electrons. The third-order valence-electron chi connectivity index (χ3n) is 5.93. The van der Waals surface area contributed by atoms with Crippen molar-refractivity contribution < 1.29 is 0 Å². The van der Waals surface area contributed by atoms with Crippen LogP contribution in [0.2, 0.25) is 0 Å². The fraction of sp³-hybridized carbons (Fsp3) is 0.227. The molecular weight excluding hydrogens is 348 g/mol. The lowest BCUT2D eigenvalue weighted by Gasteiger charge is -2.24. The SMILES string of the molecule is Cn1cc(-c2cnn3ccc(-c4c[nH]c5nc(C6CCC6)ccc45)cc23)cn1. The molecule has 0 saturated heterocycles. The van der Waals surface area contributed by atoms with Gasteiger partial charge in [0.1, 0.15) is 5.65 Å². The molecule has 0 aliphatic heterocycles. The summed E-state index contributed by atoms with van der Waals surface area (Å²) in [6, 6.07) is 8.71. The summed E-state index contributed by atoms with van der Waals surface area (Å²) in [5.41, 5.74) is 7.74. The average Bonchev–Trinajstić information content (AvgIpc) is 3.37. The average molecular weight is 368 g/mol. The molecular formula is C22H20N6. The van der Waals surface area contributed by atoms with Crippen LogP contribution < -0.4 is 0 Å². The van der Waals surface area contributed by atoms with Gasteiger partial charge in [-0.05, 0) is 42.7 Å². The van der Waals surface area contributed by atoms with Gasteiger partial charge in [-0.3, -0.25) is 4.68 Å². The number of aryl methyl sites for hydroxylation is 1. The van der Waals surface area contributed by atoms with Gasteiger partial charge in [-0.1, -0.05) is 6.42 Å². The van der Waals surface area contributed by atoms with Gasteiger partial charge in [0.2, 0.25) is 0 Å². The maximum atomic E-state index is 4.88. The van der Waals surface area contributed by atoms with Gasteiger partial charge in [-0.2, -0.15) is 10.2 Å². The topological polar surface area (TPSA) is 63.8 Å². The normalized spacial score (nSPS) is 14.8. The van der Waals surface area contributed by atoms with Crippen LogP contribution in [-0.2, 0) is 7.05 Å². The zero-order valence-corrected chi connectivity index (χ0v) is 15.6. The number of hydrogen-bond donors (Lipinski definition) is 1. The van der Waals surface area contributed by atoms with E-state index in [0.29, 0.717) is 5.92 Å². The number of fused-ring (bicyclic) bond motifs is 2. The Morgan fingerprint density at radius 1 is 1.04 bits per heavy atom. The molecule has 1 saturated carbocycles. The molecule has 1 aliphatic rings. The smallest absolute Gasteiger partial charge is 0.138 e. The second kappa shape index (κ2) is 5.79. The minimum atomic E-state index is 0.640. The quantitative estimate of drug-likeness (QED) is 0.508. The Morgan fingerprint density at radius 3 is 2.75 bits per heavy atom. The van der Waals surface area contributed by atoms with E-state index in [9.17, 15) is 0 Å². The van der Waals surface area contributed by atoms with Crippen molar-refractivity contribution in [1.82, 2.24) is 29.4 Å². The molecule has 5 aromatic heterocycles. The number of rotatable bonds is 3. The van der Waals surface area contributed by atoms with Crippen molar-refractivity contribution in [2.24, 2.45) is 7.05 Å². The van der Waals surface area contributed by atoms with Crippen LogP contribution >= 0.6 is 0 Å². The lowest BCUT2D eigenvalue weighted by Crippen LogP contribution is -2.10. The molecule has 0 atom stereocenters. The third kappa shape index (κ3) is 2.30. The molecule has 0 spiro atoms. The largest absolute Gasteiger partial charge is 0.346 e. The fourth-order valence-electron chi connectivity index (χ4n) is 4.12. The van der Waals surface area contributed by atoms with E-state index in [2.05, 4.69) is 45.6 Å². The summed E-state index contributed by atoms with van der Waals surface area (Å²) in [6.45, 7) is 0. The van der Waals surface area contributed by atoms with E-state index < -0.39 is 0 Å². The zero-order chi connectivity index (χ0) is 18.7. The van der Waals surface area contributed by atoms with Gasteiger partial charge in [0, 0.05) is 59.3 Å². The fourth-order valence-corrected chi connectivity index (χ4v) is 4.12. The summed E-state index contributed by atoms with van der Waals surface area (Å²) < 4.78 is 3.72. The first-order valence-electron chi connectivity index (χ1n) is 9.71. The van der Waals surface area contributed by atoms with Gasteiger partial charge in [0.25, 0.3) is 0 Å². The molecule has 138 valence electrons. The van der Waals surface area contributed by atoms with Gasteiger partial charge in [-0.25, -0.2) is 9.50 Å². The molecule has 0 bridgehead atoms. The summed E-state index contributed by atoms with van der Waals surface area (Å²) in [5, 5.41) is 9.95. The van der Waals surface area contributed by atoms with E-state index in [1.165, 1.54) is 30.5 Å². The van der Waals surface area contributed by atoms with Crippen molar-refractivity contribution >= 4 is 16.6 Å². The van der Waals surface area contributed by atoms with Crippen molar-refractivity contribution in [1.29, 1.82) is 0 Å². The van der Waals surface area contributed by atoms with Gasteiger partial charge < -0.3 is 4.98 Å². The molecule has 5 heterocycles. The first kappa shape index (κ1) is 15.6. The number of aromatic amines is 1. The molecule has 6 heteroatoms. The molecule has 1 fully saturated rings. The predicted octanol–water partition coefficient (Wildman–Crippen LogP) is 4.55. The van der Waals surface area contributed by atoms with Crippen LogP contribution in [0, 0.1) is 0 Å². The molecule has 1 aliphatic carbocycles. The predicted molar refractivity (Wildman–Crippen MR) is 109 cm³/mol. The zero-order valence-electron chi connectivity index (χ0n) is 15.6. The van der Waals surface area contributed by atoms with Gasteiger partial charge in [-0.15, -0.1) is 0 Å². The maximum Gasteiger partial charge on any atom is 0.138 e. The highest BCUT2D eigenvalue weighted by atomic mass is 15.2. The number of nitrogens with one attached hydrogen (secondary N) is 1. The molecule has 0 unspecified atom stereocenters. The summed E-state index contributed by atoms with van der Waals surface area (Å²) >= 11 is 0. The first-order chi connectivity index (χ1) is 13.8. The van der Waals surface area contributed by atoms with Gasteiger partial charge >= 0.3 is 0 Å². The Balaban J connectivity index is 1.47. The van der Waals surface area contributed by atoms with E-state index in [-0.39, 0.29) is 0 Å². The summed E-state index contributed by atoms with van der Waals surface area (Å²) in [7, 11) is 1.93. The molecule has 0 amide bonds. The minimum absolute atomic E-state index is 0.640. The second-order valence-electron chi connectivity index (χ2n) is 7.67. The van der Waals surface area contributed by atoms with E-state index in [0.717, 1.165) is 33.2 Å². The Bertz CT molecular complexity index is 1320. The number of nitrogens with zero attached hydrogens (tertiary/aromatic N) is 5. The monoisotopic (exact) mass is 368 g/mol. The Labute approximate surface area is 161 Å². The van der Waals surface area contributed by atoms with Gasteiger partial charge in [0.05, 0.1) is 17.9 Å². The molecule has 6 nitrogen and oxygen atoms in total. The molecule has 6 rings (SSSR count). The molecule has 5 aromatic rings. The van der Waals surface area contributed by atoms with Crippen molar-refractivity contribution in [3.63, 3.8) is 0 Å². The standard InChI is InChI=1S/C22H20N6/c1-27-13-16(10-24-27)19-12-25-28-8-7-15(9-21(19)28)18-11-23-22-17(18)5-6-20(26-22)14-3-2-4-14/h5-14H,2-4H2,1H3,(H,23,26). The van der Waals surface area contributed by atoms with Crippen LogP contribution in [0.3, 0.4) is 0 Å². The van der Waals surface area contributed by atoms with Crippen molar-refractivity contribution in [2.75, 3.05) is 0 Å². The van der Waals surface area contributed by atoms with Crippen LogP contribution in [0.4, 0.5) is 0 Å². The first-order valence-corrected chi connectivity index (χ1v) is 9.71. The molecule has 28 heavy (non-hydrogen) atoms. The third-order valence-corrected chi connectivity index (χ3v) is 5.93. The molecule has 0 aromatic carbocycles. The van der Waals surface area contributed by atoms with Crippen LogP contribution in [0.1, 0.15) is 30.9 Å². The number of aromatic nitrogens is 6. The van der Waals surface area contributed by atoms with E-state index in [4.69, 9.17) is 4.98 Å². The lowest BCUT2D eigenvalue weighted by atomic mass is 9.82. The summed E-state index contributed by atoms with van der Waals surface area (Å²) in [4.78, 5) is 8.25. The Hall–Kier alpha value is -3.41. The highest BCUT2D eigenvalue weighted by molar-refractivity contribution is 5.95. The van der Waals surface area contributed by atoms with Crippen molar-refractivity contribution in [2.45, 2.75) is 25.2 Å². The minimum Gasteiger partial charge on any atom is -0.346 e. The summed E-state index contributed by atoms with van der Waals surface area (Å²) in [6.07, 6.45) is 13.7. The van der Waals surface area contributed by atoms with Crippen molar-refractivity contribution in [3.05, 3.63) is 60.9 Å². The Morgan fingerprint density at radius 2 is 1.96 bits per heavy atom. The lowest BCUT2D eigenvalue weighted by molar-refractivity contribution is 0.412. The van der Waals surface area contributed by atoms with Crippen LogP contribution in [0.15, 0.2) is 55.2 Å². The Kier molecular flexibility index (Phi) is 3.23. The number of pyridine rings is 2. The van der Waals surface area contributed by atoms with Crippen LogP contribution in [0.25, 0.3) is 38.8 Å². The highest BCUT2D eigenvalue weighted by Gasteiger charge is 2.21. The van der Waals surface area contributed by atoms with E-state index in [1.807, 2.05) is 41.0 Å². The number of H-pyrrole nitrogens is 1. The van der Waals surface area contributed by atoms with Crippen LogP contribution in [-0.4, -0.2) is 29.4 Å². The number of hydrogen-bond acceptors (Lipinski definition) is 3. The van der Waals surface area contributed by atoms with Gasteiger partial charge in [0.15, 0.2) is 0 Å². The second-order valence-corrected chi connectivity index (χ2v) is 7.67. The highest BCUT2D eigenvalue weighted by Crippen LogP contribution is 2.37. The van der Waals surface area contributed by atoms with E-state index in [1.54, 1.807) is 0 Å². The van der Waals surface area contributed by atoms with Crippen molar-refractivity contribution in [3.8, 4) is 22.3 Å². The summed E-state index contributed by atoms with van der Waals surface area (Å²) in [5.74, 6) is 0.640.